The van der Waals surface area contributed by atoms with Crippen LogP contribution in [0.2, 0.25) is 5.02 Å². The number of benzene rings is 2. The van der Waals surface area contributed by atoms with Gasteiger partial charge in [-0.25, -0.2) is 9.18 Å². The Labute approximate surface area is 238 Å². The summed E-state index contributed by atoms with van der Waals surface area (Å²) in [6.45, 7) is 0. The first-order chi connectivity index (χ1) is 19.5. The Morgan fingerprint density at radius 3 is 2.21 bits per heavy atom. The number of carbonyl (C=O) groups is 2. The zero-order chi connectivity index (χ0) is 31.3. The number of ether oxygens (including phenoxy) is 1. The lowest BCUT2D eigenvalue weighted by Gasteiger charge is -2.36. The Balaban J connectivity index is 2.22. The maximum Gasteiger partial charge on any atom is 0.461 e. The number of aromatic nitrogens is 1. The van der Waals surface area contributed by atoms with Crippen LogP contribution in [0.15, 0.2) is 66.9 Å². The number of primary amides is 1. The quantitative estimate of drug-likeness (QED) is 0.238. The number of carbonyl (C=O) groups excluding carboxylic acids is 2. The first-order valence-electron chi connectivity index (χ1n) is 11.8. The molecule has 3 rings (SSSR count). The fourth-order valence-electron chi connectivity index (χ4n) is 3.96. The topological polar surface area (TPSA) is 106 Å². The third kappa shape index (κ3) is 8.44. The number of rotatable bonds is 11. The van der Waals surface area contributed by atoms with Gasteiger partial charge in [0.1, 0.15) is 23.1 Å². The summed E-state index contributed by atoms with van der Waals surface area (Å²) in [5.41, 5.74) is 2.78. The highest BCUT2D eigenvalue weighted by Gasteiger charge is 2.45. The van der Waals surface area contributed by atoms with E-state index in [0.717, 1.165) is 18.3 Å². The van der Waals surface area contributed by atoms with E-state index in [2.05, 4.69) is 15.0 Å². The fourth-order valence-corrected chi connectivity index (χ4v) is 4.08. The molecule has 226 valence electrons. The van der Waals surface area contributed by atoms with Gasteiger partial charge in [0.2, 0.25) is 5.91 Å². The molecule has 0 aliphatic carbocycles. The highest BCUT2D eigenvalue weighted by molar-refractivity contribution is 6.30. The van der Waals surface area contributed by atoms with Crippen molar-refractivity contribution in [2.45, 2.75) is 43.1 Å². The minimum atomic E-state index is -5.04. The van der Waals surface area contributed by atoms with E-state index in [0.29, 0.717) is 11.6 Å². The van der Waals surface area contributed by atoms with Crippen LogP contribution in [-0.2, 0) is 16.8 Å². The second-order valence-electron chi connectivity index (χ2n) is 8.94. The average molecular weight is 625 g/mol. The molecule has 0 radical (unpaired) electrons. The van der Waals surface area contributed by atoms with Crippen LogP contribution in [0, 0.1) is 5.82 Å². The first-order valence-corrected chi connectivity index (χ1v) is 12.2. The van der Waals surface area contributed by atoms with Crippen LogP contribution in [0.5, 0.6) is 5.75 Å². The molecule has 1 heterocycles. The molecule has 4 N–H and O–H groups in total. The third-order valence-electron chi connectivity index (χ3n) is 5.76. The molecule has 0 spiro atoms. The molecule has 1 aromatic heterocycles. The van der Waals surface area contributed by atoms with Gasteiger partial charge < -0.3 is 21.1 Å². The van der Waals surface area contributed by atoms with Crippen molar-refractivity contribution in [1.29, 1.82) is 0 Å². The SMILES string of the molecule is NC(=O)C(CC(F)(F)F)NC(=O)NC(Cc1ccccc1)(c1cc(F)cc(OC(F)(F)C(F)F)c1)c1ccc(Cl)cn1. The second-order valence-corrected chi connectivity index (χ2v) is 9.38. The van der Waals surface area contributed by atoms with Gasteiger partial charge in [-0.1, -0.05) is 41.9 Å². The van der Waals surface area contributed by atoms with Gasteiger partial charge in [0.05, 0.1) is 17.1 Å². The van der Waals surface area contributed by atoms with Crippen LogP contribution in [0.1, 0.15) is 23.2 Å². The lowest BCUT2D eigenvalue weighted by molar-refractivity contribution is -0.253. The second kappa shape index (κ2) is 12.8. The van der Waals surface area contributed by atoms with Gasteiger partial charge in [-0.05, 0) is 35.4 Å². The van der Waals surface area contributed by atoms with Crippen molar-refractivity contribution in [3.05, 3.63) is 94.5 Å². The molecule has 2 atom stereocenters. The summed E-state index contributed by atoms with van der Waals surface area (Å²) in [5, 5.41) is 4.25. The molecule has 0 fully saturated rings. The Morgan fingerprint density at radius 2 is 1.67 bits per heavy atom. The minimum Gasteiger partial charge on any atom is -0.428 e. The van der Waals surface area contributed by atoms with Gasteiger partial charge in [-0.15, -0.1) is 0 Å². The van der Waals surface area contributed by atoms with Crippen molar-refractivity contribution >= 4 is 23.5 Å². The van der Waals surface area contributed by atoms with E-state index in [1.54, 1.807) is 35.6 Å². The van der Waals surface area contributed by atoms with Crippen molar-refractivity contribution in [1.82, 2.24) is 15.6 Å². The van der Waals surface area contributed by atoms with Gasteiger partial charge >= 0.3 is 24.7 Å². The van der Waals surface area contributed by atoms with Crippen molar-refractivity contribution < 1.29 is 49.4 Å². The molecule has 42 heavy (non-hydrogen) atoms. The van der Waals surface area contributed by atoms with E-state index in [-0.39, 0.29) is 17.1 Å². The largest absolute Gasteiger partial charge is 0.461 e. The van der Waals surface area contributed by atoms with Gasteiger partial charge in [-0.2, -0.15) is 30.7 Å². The number of alkyl halides is 7. The van der Waals surface area contributed by atoms with Crippen molar-refractivity contribution in [3.63, 3.8) is 0 Å². The highest BCUT2D eigenvalue weighted by atomic mass is 35.5. The molecule has 2 aromatic carbocycles. The molecule has 0 aliphatic rings. The predicted molar refractivity (Wildman–Crippen MR) is 133 cm³/mol. The van der Waals surface area contributed by atoms with E-state index >= 15 is 0 Å². The number of nitrogens with one attached hydrogen (secondary N) is 2. The highest BCUT2D eigenvalue weighted by Crippen LogP contribution is 2.37. The van der Waals surface area contributed by atoms with Crippen LogP contribution >= 0.6 is 11.6 Å². The minimum absolute atomic E-state index is 0.0932. The van der Waals surface area contributed by atoms with Crippen molar-refractivity contribution in [2.75, 3.05) is 0 Å². The predicted octanol–water partition coefficient (Wildman–Crippen LogP) is 5.70. The van der Waals surface area contributed by atoms with E-state index < -0.39 is 65.8 Å². The number of amides is 3. The van der Waals surface area contributed by atoms with Crippen LogP contribution in [0.4, 0.5) is 39.9 Å². The first kappa shape index (κ1) is 32.4. The summed E-state index contributed by atoms with van der Waals surface area (Å²) in [4.78, 5) is 29.0. The fraction of sp³-hybridized carbons (Fsp3) is 0.269. The number of hydrogen-bond acceptors (Lipinski definition) is 4. The number of nitrogens with zero attached hydrogens (tertiary/aromatic N) is 1. The van der Waals surface area contributed by atoms with Gasteiger partial charge in [-0.3, -0.25) is 9.78 Å². The van der Waals surface area contributed by atoms with Crippen LogP contribution in [0.3, 0.4) is 0 Å². The Bertz CT molecular complexity index is 1390. The third-order valence-corrected chi connectivity index (χ3v) is 5.98. The maximum absolute atomic E-state index is 14.8. The molecule has 0 bridgehead atoms. The molecule has 3 aromatic rings. The molecule has 16 heteroatoms. The summed E-state index contributed by atoms with van der Waals surface area (Å²) in [5.74, 6) is -3.87. The summed E-state index contributed by atoms with van der Waals surface area (Å²) in [7, 11) is 0. The lowest BCUT2D eigenvalue weighted by atomic mass is 9.80. The number of hydrogen-bond donors (Lipinski definition) is 3. The van der Waals surface area contributed by atoms with E-state index in [1.807, 2.05) is 0 Å². The van der Waals surface area contributed by atoms with E-state index in [1.165, 1.54) is 12.1 Å². The Kier molecular flexibility index (Phi) is 9.86. The smallest absolute Gasteiger partial charge is 0.428 e. The molecule has 3 amide bonds. The molecular formula is C26H21ClF8N4O3. The summed E-state index contributed by atoms with van der Waals surface area (Å²) in [6.07, 6.45) is -15.3. The van der Waals surface area contributed by atoms with E-state index in [4.69, 9.17) is 17.3 Å². The van der Waals surface area contributed by atoms with Crippen LogP contribution in [-0.4, -0.2) is 41.7 Å². The van der Waals surface area contributed by atoms with Crippen LogP contribution in [0.25, 0.3) is 0 Å². The number of nitrogens with two attached hydrogens (primary N) is 1. The molecule has 2 unspecified atom stereocenters. The van der Waals surface area contributed by atoms with Crippen molar-refractivity contribution in [3.8, 4) is 5.75 Å². The standard InChI is InChI=1S/C26H21ClF8N4O3/c27-16-6-7-20(37-13-16)24(11-14-4-2-1-3-5-14,39-23(41)38-19(21(36)40)12-25(31,32)33)15-8-17(28)10-18(9-15)42-26(34,35)22(29)30/h1-10,13,19,22H,11-12H2,(H2,36,40)(H2,38,39,41). The normalized spacial score (nSPS) is 14.1. The zero-order valence-electron chi connectivity index (χ0n) is 21.1. The molecular weight excluding hydrogens is 604 g/mol. The van der Waals surface area contributed by atoms with E-state index in [9.17, 15) is 44.7 Å². The number of pyridine rings is 1. The van der Waals surface area contributed by atoms with Gasteiger partial charge in [0, 0.05) is 18.7 Å². The van der Waals surface area contributed by atoms with Gasteiger partial charge in [0.25, 0.3) is 0 Å². The summed E-state index contributed by atoms with van der Waals surface area (Å²) in [6, 6.07) is 8.57. The number of halogens is 9. The monoisotopic (exact) mass is 624 g/mol. The molecule has 0 aliphatic heterocycles. The lowest BCUT2D eigenvalue weighted by Crippen LogP contribution is -2.57. The Hall–Kier alpha value is -4.14. The average Bonchev–Trinajstić information content (AvgIpc) is 2.87. The van der Waals surface area contributed by atoms with Gasteiger partial charge in [0.15, 0.2) is 0 Å². The summed E-state index contributed by atoms with van der Waals surface area (Å²) < 4.78 is 111. The number of urea groups is 1. The molecule has 0 saturated heterocycles. The molecule has 0 saturated carbocycles. The van der Waals surface area contributed by atoms with Crippen LogP contribution < -0.4 is 21.1 Å². The zero-order valence-corrected chi connectivity index (χ0v) is 21.8. The van der Waals surface area contributed by atoms with Crippen molar-refractivity contribution in [2.24, 2.45) is 5.73 Å². The Morgan fingerprint density at radius 1 is 1.00 bits per heavy atom. The molecule has 7 nitrogen and oxygen atoms in total. The summed E-state index contributed by atoms with van der Waals surface area (Å²) >= 11 is 5.94. The maximum atomic E-state index is 14.8.